The lowest BCUT2D eigenvalue weighted by Crippen LogP contribution is -2.54. The van der Waals surface area contributed by atoms with Crippen molar-refractivity contribution in [2.45, 2.75) is 26.3 Å². The molecule has 156 valence electrons. The Morgan fingerprint density at radius 2 is 2.03 bits per heavy atom. The number of piperazine rings is 1. The van der Waals surface area contributed by atoms with Crippen LogP contribution in [-0.2, 0) is 6.42 Å². The lowest BCUT2D eigenvalue weighted by molar-refractivity contribution is 0.0673. The van der Waals surface area contributed by atoms with Crippen molar-refractivity contribution in [1.29, 1.82) is 0 Å². The fourth-order valence-corrected chi connectivity index (χ4v) is 4.53. The number of methoxy groups -OCH3 is 1. The number of benzene rings is 2. The van der Waals surface area contributed by atoms with E-state index in [-0.39, 0.29) is 11.9 Å². The highest BCUT2D eigenvalue weighted by atomic mass is 32.1. The van der Waals surface area contributed by atoms with Gasteiger partial charge in [0.15, 0.2) is 0 Å². The summed E-state index contributed by atoms with van der Waals surface area (Å²) < 4.78 is 9.84. The van der Waals surface area contributed by atoms with Gasteiger partial charge in [-0.3, -0.25) is 4.79 Å². The van der Waals surface area contributed by atoms with Gasteiger partial charge in [-0.1, -0.05) is 30.3 Å². The summed E-state index contributed by atoms with van der Waals surface area (Å²) in [6.07, 6.45) is 0.676. The highest BCUT2D eigenvalue weighted by Gasteiger charge is 2.30. The van der Waals surface area contributed by atoms with Crippen molar-refractivity contribution < 1.29 is 9.53 Å². The molecule has 6 nitrogen and oxygen atoms in total. The summed E-state index contributed by atoms with van der Waals surface area (Å²) in [6, 6.07) is 15.9. The monoisotopic (exact) mass is 422 g/mol. The SMILES string of the molecule is COc1cccc(Cc2nsc(N3CCN(C(=O)c4ccccc4C)[C@H](C)C3)n2)c1. The van der Waals surface area contributed by atoms with E-state index in [4.69, 9.17) is 9.72 Å². The summed E-state index contributed by atoms with van der Waals surface area (Å²) in [5, 5.41) is 0.919. The molecule has 0 spiro atoms. The van der Waals surface area contributed by atoms with Crippen LogP contribution < -0.4 is 9.64 Å². The Bertz CT molecular complexity index is 1040. The van der Waals surface area contributed by atoms with Gasteiger partial charge in [0.25, 0.3) is 5.91 Å². The van der Waals surface area contributed by atoms with Gasteiger partial charge in [-0.05, 0) is 43.2 Å². The van der Waals surface area contributed by atoms with Gasteiger partial charge in [0.05, 0.1) is 7.11 Å². The molecule has 2 aromatic carbocycles. The Morgan fingerprint density at radius 3 is 2.80 bits per heavy atom. The molecular weight excluding hydrogens is 396 g/mol. The molecule has 3 aromatic rings. The average molecular weight is 423 g/mol. The summed E-state index contributed by atoms with van der Waals surface area (Å²) in [5.74, 6) is 1.76. The minimum atomic E-state index is 0.108. The molecule has 2 heterocycles. The molecular formula is C23H26N4O2S. The van der Waals surface area contributed by atoms with Gasteiger partial charge in [-0.25, -0.2) is 4.98 Å². The molecule has 7 heteroatoms. The Balaban J connectivity index is 1.41. The summed E-state index contributed by atoms with van der Waals surface area (Å²) >= 11 is 1.43. The molecule has 1 fully saturated rings. The lowest BCUT2D eigenvalue weighted by Gasteiger charge is -2.39. The molecule has 30 heavy (non-hydrogen) atoms. The van der Waals surface area contributed by atoms with Gasteiger partial charge in [0.2, 0.25) is 5.13 Å². The van der Waals surface area contributed by atoms with Crippen LogP contribution >= 0.6 is 11.5 Å². The first-order valence-corrected chi connectivity index (χ1v) is 10.9. The molecule has 0 bridgehead atoms. The average Bonchev–Trinajstić information content (AvgIpc) is 3.22. The molecule has 4 rings (SSSR count). The van der Waals surface area contributed by atoms with Crippen LogP contribution in [0, 0.1) is 6.92 Å². The second-order valence-electron chi connectivity index (χ2n) is 7.63. The first-order chi connectivity index (χ1) is 14.5. The third-order valence-electron chi connectivity index (χ3n) is 5.49. The summed E-state index contributed by atoms with van der Waals surface area (Å²) in [7, 11) is 1.67. The normalized spacial score (nSPS) is 16.6. The molecule has 0 N–H and O–H groups in total. The number of rotatable bonds is 5. The number of aromatic nitrogens is 2. The number of amides is 1. The number of carbonyl (C=O) groups is 1. The van der Waals surface area contributed by atoms with Crippen LogP contribution in [0.4, 0.5) is 5.13 Å². The number of hydrogen-bond acceptors (Lipinski definition) is 6. The van der Waals surface area contributed by atoms with Crippen molar-refractivity contribution in [3.05, 3.63) is 71.0 Å². The molecule has 1 saturated heterocycles. The van der Waals surface area contributed by atoms with Crippen molar-refractivity contribution in [3.8, 4) is 5.75 Å². The largest absolute Gasteiger partial charge is 0.497 e. The number of aryl methyl sites for hydroxylation is 1. The predicted octanol–water partition coefficient (Wildman–Crippen LogP) is 3.80. The minimum Gasteiger partial charge on any atom is -0.497 e. The van der Waals surface area contributed by atoms with Crippen molar-refractivity contribution in [1.82, 2.24) is 14.3 Å². The number of anilines is 1. The van der Waals surface area contributed by atoms with Crippen LogP contribution in [0.15, 0.2) is 48.5 Å². The highest BCUT2D eigenvalue weighted by Crippen LogP contribution is 2.24. The molecule has 1 aromatic heterocycles. The fourth-order valence-electron chi connectivity index (χ4n) is 3.81. The predicted molar refractivity (Wildman–Crippen MR) is 120 cm³/mol. The third-order valence-corrected chi connectivity index (χ3v) is 6.30. The fraction of sp³-hybridized carbons (Fsp3) is 0.348. The van der Waals surface area contributed by atoms with Crippen LogP contribution in [0.1, 0.15) is 34.2 Å². The number of nitrogens with zero attached hydrogens (tertiary/aromatic N) is 4. The van der Waals surface area contributed by atoms with E-state index >= 15 is 0 Å². The van der Waals surface area contributed by atoms with Crippen LogP contribution in [0.25, 0.3) is 0 Å². The third kappa shape index (κ3) is 4.31. The van der Waals surface area contributed by atoms with Crippen molar-refractivity contribution >= 4 is 22.6 Å². The zero-order valence-electron chi connectivity index (χ0n) is 17.5. The second-order valence-corrected chi connectivity index (χ2v) is 8.36. The zero-order valence-corrected chi connectivity index (χ0v) is 18.4. The van der Waals surface area contributed by atoms with Crippen LogP contribution in [-0.4, -0.2) is 53.0 Å². The Hall–Kier alpha value is -2.93. The van der Waals surface area contributed by atoms with Gasteiger partial charge in [0.1, 0.15) is 11.6 Å². The Labute approximate surface area is 181 Å². The number of ether oxygens (including phenoxy) is 1. The summed E-state index contributed by atoms with van der Waals surface area (Å²) in [5.41, 5.74) is 2.93. The Kier molecular flexibility index (Phi) is 5.99. The maximum Gasteiger partial charge on any atom is 0.254 e. The van der Waals surface area contributed by atoms with Gasteiger partial charge < -0.3 is 14.5 Å². The lowest BCUT2D eigenvalue weighted by atomic mass is 10.1. The molecule has 0 radical (unpaired) electrons. The molecule has 0 aliphatic carbocycles. The quantitative estimate of drug-likeness (QED) is 0.626. The highest BCUT2D eigenvalue weighted by molar-refractivity contribution is 7.09. The van der Waals surface area contributed by atoms with E-state index in [2.05, 4.69) is 22.3 Å². The van der Waals surface area contributed by atoms with Crippen molar-refractivity contribution in [3.63, 3.8) is 0 Å². The maximum atomic E-state index is 13.0. The first kappa shape index (κ1) is 20.3. The summed E-state index contributed by atoms with van der Waals surface area (Å²) in [4.78, 5) is 22.0. The molecule has 1 aliphatic rings. The molecule has 1 atom stereocenters. The zero-order chi connectivity index (χ0) is 21.1. The van der Waals surface area contributed by atoms with Gasteiger partial charge in [-0.2, -0.15) is 4.37 Å². The van der Waals surface area contributed by atoms with Crippen molar-refractivity contribution in [2.24, 2.45) is 0 Å². The minimum absolute atomic E-state index is 0.108. The van der Waals surface area contributed by atoms with E-state index in [9.17, 15) is 4.79 Å². The smallest absolute Gasteiger partial charge is 0.254 e. The summed E-state index contributed by atoms with van der Waals surface area (Å²) in [6.45, 7) is 6.28. The first-order valence-electron chi connectivity index (χ1n) is 10.1. The molecule has 0 saturated carbocycles. The van der Waals surface area contributed by atoms with E-state index < -0.39 is 0 Å². The molecule has 1 amide bonds. The van der Waals surface area contributed by atoms with Gasteiger partial charge in [-0.15, -0.1) is 0 Å². The van der Waals surface area contributed by atoms with E-state index in [1.807, 2.05) is 54.3 Å². The van der Waals surface area contributed by atoms with E-state index in [1.54, 1.807) is 7.11 Å². The van der Waals surface area contributed by atoms with E-state index in [0.717, 1.165) is 46.5 Å². The van der Waals surface area contributed by atoms with E-state index in [1.165, 1.54) is 11.5 Å². The molecule has 0 unspecified atom stereocenters. The van der Waals surface area contributed by atoms with Crippen LogP contribution in [0.5, 0.6) is 5.75 Å². The number of hydrogen-bond donors (Lipinski definition) is 0. The standard InChI is InChI=1S/C23H26N4O2S/c1-16-7-4-5-10-20(16)22(28)27-12-11-26(15-17(27)2)23-24-21(25-30-23)14-18-8-6-9-19(13-18)29-3/h4-10,13,17H,11-12,14-15H2,1-3H3/t17-/m1/s1. The Morgan fingerprint density at radius 1 is 1.20 bits per heavy atom. The topological polar surface area (TPSA) is 58.6 Å². The second kappa shape index (κ2) is 8.83. The maximum absolute atomic E-state index is 13.0. The van der Waals surface area contributed by atoms with Gasteiger partial charge in [0, 0.05) is 49.2 Å². The van der Waals surface area contributed by atoms with Crippen LogP contribution in [0.2, 0.25) is 0 Å². The van der Waals surface area contributed by atoms with E-state index in [0.29, 0.717) is 13.0 Å². The molecule has 1 aliphatic heterocycles. The van der Waals surface area contributed by atoms with Gasteiger partial charge >= 0.3 is 0 Å². The van der Waals surface area contributed by atoms with Crippen LogP contribution in [0.3, 0.4) is 0 Å². The number of carbonyl (C=O) groups excluding carboxylic acids is 1. The van der Waals surface area contributed by atoms with Crippen molar-refractivity contribution in [2.75, 3.05) is 31.6 Å².